The summed E-state index contributed by atoms with van der Waals surface area (Å²) in [4.78, 5) is 16.2. The molecule has 1 saturated heterocycles. The van der Waals surface area contributed by atoms with Gasteiger partial charge in [0, 0.05) is 11.6 Å². The highest BCUT2D eigenvalue weighted by Gasteiger charge is 2.27. The predicted molar refractivity (Wildman–Crippen MR) is 89.3 cm³/mol. The van der Waals surface area contributed by atoms with Crippen LogP contribution in [0.4, 0.5) is 15.9 Å². The van der Waals surface area contributed by atoms with E-state index in [0.717, 1.165) is 6.07 Å². The van der Waals surface area contributed by atoms with E-state index < -0.39 is 21.6 Å². The summed E-state index contributed by atoms with van der Waals surface area (Å²) in [6.07, 6.45) is 2.02. The zero-order valence-corrected chi connectivity index (χ0v) is 13.5. The van der Waals surface area contributed by atoms with Gasteiger partial charge in [-0.05, 0) is 36.8 Å². The van der Waals surface area contributed by atoms with Gasteiger partial charge in [0.25, 0.3) is 5.91 Å². The van der Waals surface area contributed by atoms with Crippen molar-refractivity contribution < 1.29 is 17.6 Å². The van der Waals surface area contributed by atoms with Crippen LogP contribution < -0.4 is 10.6 Å². The van der Waals surface area contributed by atoms with Gasteiger partial charge >= 0.3 is 0 Å². The summed E-state index contributed by atoms with van der Waals surface area (Å²) in [5.74, 6) is -0.0780. The molecule has 2 heterocycles. The van der Waals surface area contributed by atoms with Crippen LogP contribution in [0.1, 0.15) is 16.8 Å². The summed E-state index contributed by atoms with van der Waals surface area (Å²) < 4.78 is 36.0. The van der Waals surface area contributed by atoms with Gasteiger partial charge < -0.3 is 10.6 Å². The first-order chi connectivity index (χ1) is 11.4. The van der Waals surface area contributed by atoms with E-state index in [4.69, 9.17) is 0 Å². The van der Waals surface area contributed by atoms with E-state index in [-0.39, 0.29) is 23.1 Å². The quantitative estimate of drug-likeness (QED) is 0.882. The molecule has 2 N–H and O–H groups in total. The van der Waals surface area contributed by atoms with E-state index in [1.807, 2.05) is 0 Å². The van der Waals surface area contributed by atoms with E-state index in [0.29, 0.717) is 17.9 Å². The van der Waals surface area contributed by atoms with Crippen molar-refractivity contribution in [3.8, 4) is 0 Å². The van der Waals surface area contributed by atoms with Gasteiger partial charge in [0.15, 0.2) is 9.84 Å². The van der Waals surface area contributed by atoms with Crippen LogP contribution >= 0.6 is 0 Å². The van der Waals surface area contributed by atoms with Crippen molar-refractivity contribution in [3.63, 3.8) is 0 Å². The molecule has 0 bridgehead atoms. The molecule has 6 nitrogen and oxygen atoms in total. The number of pyridine rings is 1. The van der Waals surface area contributed by atoms with Crippen molar-refractivity contribution in [1.29, 1.82) is 0 Å². The second-order valence-corrected chi connectivity index (χ2v) is 7.87. The first kappa shape index (κ1) is 16.4. The lowest BCUT2D eigenvalue weighted by Crippen LogP contribution is -2.21. The molecular formula is C16H16FN3O3S. The fourth-order valence-corrected chi connectivity index (χ4v) is 4.18. The molecule has 1 aliphatic rings. The Bertz CT molecular complexity index is 853. The number of nitrogens with zero attached hydrogens (tertiary/aromatic N) is 1. The van der Waals surface area contributed by atoms with Crippen molar-refractivity contribution >= 4 is 27.2 Å². The van der Waals surface area contributed by atoms with E-state index in [2.05, 4.69) is 15.6 Å². The lowest BCUT2D eigenvalue weighted by molar-refractivity contribution is 0.102. The lowest BCUT2D eigenvalue weighted by atomic mass is 10.2. The molecule has 1 atom stereocenters. The molecule has 0 spiro atoms. The number of amides is 1. The largest absolute Gasteiger partial charge is 0.366 e. The molecule has 1 aromatic heterocycles. The minimum atomic E-state index is -2.95. The average molecular weight is 349 g/mol. The van der Waals surface area contributed by atoms with Crippen molar-refractivity contribution in [3.05, 3.63) is 54.0 Å². The fraction of sp³-hybridized carbons (Fsp3) is 0.250. The maximum absolute atomic E-state index is 13.1. The van der Waals surface area contributed by atoms with Crippen molar-refractivity contribution in [1.82, 2.24) is 4.98 Å². The molecule has 1 aliphatic heterocycles. The SMILES string of the molecule is O=C(Nc1ccc(NC2CCS(=O)(=O)C2)nc1)c1cccc(F)c1. The summed E-state index contributed by atoms with van der Waals surface area (Å²) >= 11 is 0. The number of hydrogen-bond acceptors (Lipinski definition) is 5. The van der Waals surface area contributed by atoms with Gasteiger partial charge in [-0.25, -0.2) is 17.8 Å². The van der Waals surface area contributed by atoms with Crippen LogP contribution in [0, 0.1) is 5.82 Å². The number of carbonyl (C=O) groups is 1. The molecule has 126 valence electrons. The van der Waals surface area contributed by atoms with Crippen molar-refractivity contribution in [2.45, 2.75) is 12.5 Å². The molecular weight excluding hydrogens is 333 g/mol. The normalized spacial score (nSPS) is 19.0. The van der Waals surface area contributed by atoms with Gasteiger partial charge in [-0.1, -0.05) is 6.07 Å². The van der Waals surface area contributed by atoms with Crippen molar-refractivity contribution in [2.75, 3.05) is 22.1 Å². The smallest absolute Gasteiger partial charge is 0.255 e. The maximum Gasteiger partial charge on any atom is 0.255 e. The summed E-state index contributed by atoms with van der Waals surface area (Å²) in [5.41, 5.74) is 0.683. The maximum atomic E-state index is 13.1. The van der Waals surface area contributed by atoms with E-state index in [1.165, 1.54) is 24.4 Å². The molecule has 1 aromatic carbocycles. The van der Waals surface area contributed by atoms with Crippen molar-refractivity contribution in [2.24, 2.45) is 0 Å². The Labute approximate surface area is 139 Å². The first-order valence-corrected chi connectivity index (χ1v) is 9.23. The number of benzene rings is 1. The number of halogens is 1. The molecule has 3 rings (SSSR count). The van der Waals surface area contributed by atoms with Gasteiger partial charge in [0.2, 0.25) is 0 Å². The number of carbonyl (C=O) groups excluding carboxylic acids is 1. The minimum absolute atomic E-state index is 0.104. The molecule has 1 amide bonds. The highest BCUT2D eigenvalue weighted by atomic mass is 32.2. The second-order valence-electron chi connectivity index (χ2n) is 5.64. The van der Waals surface area contributed by atoms with Crippen LogP contribution in [-0.2, 0) is 9.84 Å². The predicted octanol–water partition coefficient (Wildman–Crippen LogP) is 2.07. The number of hydrogen-bond donors (Lipinski definition) is 2. The number of anilines is 2. The number of rotatable bonds is 4. The molecule has 24 heavy (non-hydrogen) atoms. The van der Waals surface area contributed by atoms with Crippen LogP contribution in [0.5, 0.6) is 0 Å². The van der Waals surface area contributed by atoms with Crippen LogP contribution in [0.3, 0.4) is 0 Å². The topological polar surface area (TPSA) is 88.2 Å². The Kier molecular flexibility index (Phi) is 4.48. The van der Waals surface area contributed by atoms with Crippen LogP contribution in [0.15, 0.2) is 42.6 Å². The number of sulfone groups is 1. The summed E-state index contributed by atoms with van der Waals surface area (Å²) in [6.45, 7) is 0. The first-order valence-electron chi connectivity index (χ1n) is 7.41. The standard InChI is InChI=1S/C16H16FN3O3S/c17-12-3-1-2-11(8-12)16(21)20-13-4-5-15(18-9-13)19-14-6-7-24(22,23)10-14/h1-5,8-9,14H,6-7,10H2,(H,18,19)(H,20,21). The number of aromatic nitrogens is 1. The monoisotopic (exact) mass is 349 g/mol. The number of nitrogens with one attached hydrogen (secondary N) is 2. The molecule has 0 radical (unpaired) electrons. The Morgan fingerprint density at radius 3 is 2.71 bits per heavy atom. The molecule has 0 saturated carbocycles. The minimum Gasteiger partial charge on any atom is -0.366 e. The molecule has 0 aliphatic carbocycles. The Hall–Kier alpha value is -2.48. The van der Waals surface area contributed by atoms with Gasteiger partial charge in [0.05, 0.1) is 23.4 Å². The van der Waals surface area contributed by atoms with Crippen LogP contribution in [0.2, 0.25) is 0 Å². The van der Waals surface area contributed by atoms with Crippen LogP contribution in [-0.4, -0.2) is 36.9 Å². The third-order valence-electron chi connectivity index (χ3n) is 3.69. The second kappa shape index (κ2) is 6.56. The molecule has 1 unspecified atom stereocenters. The van der Waals surface area contributed by atoms with Gasteiger partial charge in [-0.15, -0.1) is 0 Å². The lowest BCUT2D eigenvalue weighted by Gasteiger charge is -2.12. The fourth-order valence-electron chi connectivity index (χ4n) is 2.50. The Morgan fingerprint density at radius 2 is 2.08 bits per heavy atom. The third kappa shape index (κ3) is 4.08. The average Bonchev–Trinajstić information content (AvgIpc) is 2.88. The molecule has 8 heteroatoms. The molecule has 2 aromatic rings. The van der Waals surface area contributed by atoms with E-state index in [1.54, 1.807) is 12.1 Å². The van der Waals surface area contributed by atoms with Gasteiger partial charge in [0.1, 0.15) is 11.6 Å². The highest BCUT2D eigenvalue weighted by Crippen LogP contribution is 2.17. The summed E-state index contributed by atoms with van der Waals surface area (Å²) in [7, 11) is -2.95. The van der Waals surface area contributed by atoms with Gasteiger partial charge in [-0.2, -0.15) is 0 Å². The summed E-state index contributed by atoms with van der Waals surface area (Å²) in [6, 6.07) is 8.56. The van der Waals surface area contributed by atoms with Gasteiger partial charge in [-0.3, -0.25) is 4.79 Å². The molecule has 1 fully saturated rings. The Morgan fingerprint density at radius 1 is 1.25 bits per heavy atom. The van der Waals surface area contributed by atoms with E-state index in [9.17, 15) is 17.6 Å². The summed E-state index contributed by atoms with van der Waals surface area (Å²) in [5, 5.41) is 5.69. The highest BCUT2D eigenvalue weighted by molar-refractivity contribution is 7.91. The van der Waals surface area contributed by atoms with E-state index >= 15 is 0 Å². The zero-order chi connectivity index (χ0) is 17.2. The van der Waals surface area contributed by atoms with Crippen LogP contribution in [0.25, 0.3) is 0 Å². The third-order valence-corrected chi connectivity index (χ3v) is 5.46. The Balaban J connectivity index is 1.61. The zero-order valence-electron chi connectivity index (χ0n) is 12.7.